The normalized spacial score (nSPS) is 24.9. The van der Waals surface area contributed by atoms with Crippen LogP contribution < -0.4 is 5.32 Å². The van der Waals surface area contributed by atoms with E-state index in [0.717, 1.165) is 19.2 Å². The Hall–Kier alpha value is -0.0800. The predicted octanol–water partition coefficient (Wildman–Crippen LogP) is 2.09. The van der Waals surface area contributed by atoms with Crippen LogP contribution in [-0.2, 0) is 4.74 Å². The molecule has 1 N–H and O–H groups in total. The Morgan fingerprint density at radius 1 is 1.00 bits per heavy atom. The van der Waals surface area contributed by atoms with Crippen LogP contribution in [0.2, 0.25) is 0 Å². The molecule has 2 fully saturated rings. The Kier molecular flexibility index (Phi) is 3.62. The Balaban J connectivity index is 1.46. The minimum Gasteiger partial charge on any atom is -0.377 e. The van der Waals surface area contributed by atoms with Gasteiger partial charge in [-0.15, -0.1) is 0 Å². The molecule has 0 heterocycles. The maximum Gasteiger partial charge on any atom is 0.0594 e. The van der Waals surface area contributed by atoms with E-state index >= 15 is 0 Å². The lowest BCUT2D eigenvalue weighted by molar-refractivity contribution is 0.0302. The van der Waals surface area contributed by atoms with Gasteiger partial charge in [0.25, 0.3) is 0 Å². The first-order valence-corrected chi connectivity index (χ1v) is 5.80. The lowest BCUT2D eigenvalue weighted by Crippen LogP contribution is -2.25. The fourth-order valence-electron chi connectivity index (χ4n) is 2.01. The van der Waals surface area contributed by atoms with Gasteiger partial charge in [0, 0.05) is 12.6 Å². The third kappa shape index (κ3) is 3.65. The van der Waals surface area contributed by atoms with Gasteiger partial charge in [-0.25, -0.2) is 0 Å². The van der Waals surface area contributed by atoms with Crippen molar-refractivity contribution in [3.63, 3.8) is 0 Å². The Bertz CT molecular complexity index is 139. The minimum atomic E-state index is 0.578. The molecule has 0 saturated heterocycles. The molecule has 2 aliphatic carbocycles. The van der Waals surface area contributed by atoms with Gasteiger partial charge >= 0.3 is 0 Å². The van der Waals surface area contributed by atoms with Gasteiger partial charge in [0.2, 0.25) is 0 Å². The molecule has 0 unspecified atom stereocenters. The van der Waals surface area contributed by atoms with Crippen molar-refractivity contribution in [1.29, 1.82) is 0 Å². The van der Waals surface area contributed by atoms with Crippen LogP contribution in [0.15, 0.2) is 0 Å². The second-order valence-corrected chi connectivity index (χ2v) is 4.36. The molecule has 0 aromatic heterocycles. The predicted molar refractivity (Wildman–Crippen MR) is 53.8 cm³/mol. The zero-order valence-corrected chi connectivity index (χ0v) is 8.43. The fraction of sp³-hybridized carbons (Fsp3) is 1.00. The highest BCUT2D eigenvalue weighted by Gasteiger charge is 2.20. The molecule has 0 aromatic rings. The van der Waals surface area contributed by atoms with Crippen LogP contribution in [0, 0.1) is 0 Å². The van der Waals surface area contributed by atoms with E-state index in [1.165, 1.54) is 44.9 Å². The second-order valence-electron chi connectivity index (χ2n) is 4.36. The lowest BCUT2D eigenvalue weighted by atomic mass is 9.98. The van der Waals surface area contributed by atoms with E-state index in [2.05, 4.69) is 5.32 Å². The Labute approximate surface area is 81.0 Å². The molecule has 0 amide bonds. The molecule has 2 nitrogen and oxygen atoms in total. The lowest BCUT2D eigenvalue weighted by Gasteiger charge is -2.21. The molecule has 0 spiro atoms. The van der Waals surface area contributed by atoms with Crippen LogP contribution >= 0.6 is 0 Å². The van der Waals surface area contributed by atoms with Gasteiger partial charge in [-0.1, -0.05) is 19.3 Å². The highest BCUT2D eigenvalue weighted by molar-refractivity contribution is 4.80. The van der Waals surface area contributed by atoms with Crippen LogP contribution in [0.5, 0.6) is 0 Å². The smallest absolute Gasteiger partial charge is 0.0594 e. The molecule has 0 atom stereocenters. The number of nitrogens with one attached hydrogen (secondary N) is 1. The summed E-state index contributed by atoms with van der Waals surface area (Å²) in [6, 6.07) is 0.829. The fourth-order valence-corrected chi connectivity index (χ4v) is 2.01. The van der Waals surface area contributed by atoms with Crippen molar-refractivity contribution in [2.75, 3.05) is 13.2 Å². The molecule has 0 bridgehead atoms. The largest absolute Gasteiger partial charge is 0.377 e. The van der Waals surface area contributed by atoms with Crippen molar-refractivity contribution >= 4 is 0 Å². The van der Waals surface area contributed by atoms with Gasteiger partial charge in [0.1, 0.15) is 0 Å². The van der Waals surface area contributed by atoms with Crippen molar-refractivity contribution in [2.24, 2.45) is 0 Å². The summed E-state index contributed by atoms with van der Waals surface area (Å²) >= 11 is 0. The molecule has 2 heteroatoms. The highest BCUT2D eigenvalue weighted by atomic mass is 16.5. The van der Waals surface area contributed by atoms with Crippen molar-refractivity contribution < 1.29 is 4.74 Å². The van der Waals surface area contributed by atoms with Gasteiger partial charge < -0.3 is 10.1 Å². The zero-order valence-electron chi connectivity index (χ0n) is 8.43. The van der Waals surface area contributed by atoms with Crippen LogP contribution in [0.25, 0.3) is 0 Å². The molecule has 0 aromatic carbocycles. The molecule has 13 heavy (non-hydrogen) atoms. The topological polar surface area (TPSA) is 21.3 Å². The standard InChI is InChI=1S/C11H21NO/c1-2-4-11(5-3-1)13-9-8-12-10-6-7-10/h10-12H,1-9H2. The number of hydrogen-bond acceptors (Lipinski definition) is 2. The summed E-state index contributed by atoms with van der Waals surface area (Å²) in [5, 5.41) is 3.47. The van der Waals surface area contributed by atoms with Gasteiger partial charge in [0.15, 0.2) is 0 Å². The zero-order chi connectivity index (χ0) is 8.93. The van der Waals surface area contributed by atoms with Crippen molar-refractivity contribution in [2.45, 2.75) is 57.1 Å². The summed E-state index contributed by atoms with van der Waals surface area (Å²) in [5.41, 5.74) is 0. The monoisotopic (exact) mass is 183 g/mol. The first kappa shape index (κ1) is 9.47. The SMILES string of the molecule is C1CCC(OCCNC2CC2)CC1. The first-order valence-electron chi connectivity index (χ1n) is 5.80. The van der Waals surface area contributed by atoms with E-state index in [1.54, 1.807) is 0 Å². The van der Waals surface area contributed by atoms with Gasteiger partial charge in [0.05, 0.1) is 12.7 Å². The summed E-state index contributed by atoms with van der Waals surface area (Å²) < 4.78 is 5.80. The first-order chi connectivity index (χ1) is 6.45. The van der Waals surface area contributed by atoms with Crippen molar-refractivity contribution in [3.8, 4) is 0 Å². The minimum absolute atomic E-state index is 0.578. The van der Waals surface area contributed by atoms with E-state index in [4.69, 9.17) is 4.74 Å². The van der Waals surface area contributed by atoms with E-state index < -0.39 is 0 Å². The van der Waals surface area contributed by atoms with Crippen LogP contribution in [0.4, 0.5) is 0 Å². The van der Waals surface area contributed by atoms with Crippen molar-refractivity contribution in [1.82, 2.24) is 5.32 Å². The van der Waals surface area contributed by atoms with Crippen molar-refractivity contribution in [3.05, 3.63) is 0 Å². The van der Waals surface area contributed by atoms with Gasteiger partial charge in [-0.3, -0.25) is 0 Å². The average Bonchev–Trinajstić information content (AvgIpc) is 2.98. The van der Waals surface area contributed by atoms with E-state index in [-0.39, 0.29) is 0 Å². The van der Waals surface area contributed by atoms with Gasteiger partial charge in [-0.05, 0) is 25.7 Å². The molecule has 2 aliphatic rings. The van der Waals surface area contributed by atoms with Crippen LogP contribution in [0.3, 0.4) is 0 Å². The summed E-state index contributed by atoms with van der Waals surface area (Å²) in [6.07, 6.45) is 10.1. The average molecular weight is 183 g/mol. The summed E-state index contributed by atoms with van der Waals surface area (Å²) in [7, 11) is 0. The molecule has 2 saturated carbocycles. The number of rotatable bonds is 5. The molecular formula is C11H21NO. The summed E-state index contributed by atoms with van der Waals surface area (Å²) in [6.45, 7) is 1.97. The molecule has 0 aliphatic heterocycles. The number of ether oxygens (including phenoxy) is 1. The Morgan fingerprint density at radius 3 is 2.46 bits per heavy atom. The maximum atomic E-state index is 5.80. The van der Waals surface area contributed by atoms with E-state index in [0.29, 0.717) is 6.10 Å². The second kappa shape index (κ2) is 4.97. The third-order valence-corrected chi connectivity index (χ3v) is 3.02. The van der Waals surface area contributed by atoms with Gasteiger partial charge in [-0.2, -0.15) is 0 Å². The summed E-state index contributed by atoms with van der Waals surface area (Å²) in [5.74, 6) is 0. The summed E-state index contributed by atoms with van der Waals surface area (Å²) in [4.78, 5) is 0. The van der Waals surface area contributed by atoms with E-state index in [9.17, 15) is 0 Å². The number of hydrogen-bond donors (Lipinski definition) is 1. The molecule has 2 rings (SSSR count). The third-order valence-electron chi connectivity index (χ3n) is 3.02. The maximum absolute atomic E-state index is 5.80. The Morgan fingerprint density at radius 2 is 1.77 bits per heavy atom. The van der Waals surface area contributed by atoms with E-state index in [1.807, 2.05) is 0 Å². The van der Waals surface area contributed by atoms with Crippen LogP contribution in [0.1, 0.15) is 44.9 Å². The van der Waals surface area contributed by atoms with Crippen LogP contribution in [-0.4, -0.2) is 25.3 Å². The molecular weight excluding hydrogens is 162 g/mol. The molecule has 0 radical (unpaired) electrons. The molecule has 76 valence electrons. The quantitative estimate of drug-likeness (QED) is 0.659. The highest BCUT2D eigenvalue weighted by Crippen LogP contribution is 2.20.